The highest BCUT2D eigenvalue weighted by Gasteiger charge is 2.31. The molecule has 0 saturated carbocycles. The van der Waals surface area contributed by atoms with Crippen LogP contribution < -0.4 is 20.3 Å². The lowest BCUT2D eigenvalue weighted by molar-refractivity contribution is -0.128. The van der Waals surface area contributed by atoms with E-state index in [4.69, 9.17) is 4.74 Å². The van der Waals surface area contributed by atoms with Crippen LogP contribution in [0.5, 0.6) is 5.75 Å². The summed E-state index contributed by atoms with van der Waals surface area (Å²) in [4.78, 5) is 26.4. The molecule has 0 aliphatic carbocycles. The number of hydrogen-bond donors (Lipinski definition) is 2. The molecular formula is C20H21F2N3O3. The van der Waals surface area contributed by atoms with Gasteiger partial charge < -0.3 is 20.3 Å². The zero-order chi connectivity index (χ0) is 20.1. The summed E-state index contributed by atoms with van der Waals surface area (Å²) in [7, 11) is 0. The number of para-hydroxylation sites is 2. The van der Waals surface area contributed by atoms with Crippen molar-refractivity contribution < 1.29 is 23.1 Å². The van der Waals surface area contributed by atoms with Crippen molar-refractivity contribution in [2.24, 2.45) is 0 Å². The van der Waals surface area contributed by atoms with E-state index in [2.05, 4.69) is 10.6 Å². The molecule has 1 atom stereocenters. The summed E-state index contributed by atoms with van der Waals surface area (Å²) < 4.78 is 32.6. The van der Waals surface area contributed by atoms with Gasteiger partial charge in [-0.05, 0) is 30.7 Å². The van der Waals surface area contributed by atoms with Gasteiger partial charge in [-0.2, -0.15) is 0 Å². The molecule has 8 heteroatoms. The van der Waals surface area contributed by atoms with E-state index in [1.165, 1.54) is 0 Å². The van der Waals surface area contributed by atoms with Gasteiger partial charge >= 0.3 is 0 Å². The minimum Gasteiger partial charge on any atom is -0.477 e. The van der Waals surface area contributed by atoms with Crippen molar-refractivity contribution in [3.8, 4) is 5.75 Å². The first-order valence-electron chi connectivity index (χ1n) is 9.01. The number of rotatable bonds is 6. The van der Waals surface area contributed by atoms with Gasteiger partial charge in [0.25, 0.3) is 5.91 Å². The standard InChI is InChI=1S/C20H21F2N3O3/c1-2-9-23-20(27)18-11-25(16-5-3-4-6-17(16)28-18)12-19(26)24-15-8-7-13(21)10-14(15)22/h3-8,10,18H,2,9,11-12H2,1H3,(H,23,27)(H,24,26)/t18-/m0/s1. The molecule has 1 heterocycles. The van der Waals surface area contributed by atoms with Crippen LogP contribution in [0.4, 0.5) is 20.2 Å². The van der Waals surface area contributed by atoms with Crippen LogP contribution in [0, 0.1) is 11.6 Å². The monoisotopic (exact) mass is 389 g/mol. The minimum atomic E-state index is -0.854. The summed E-state index contributed by atoms with van der Waals surface area (Å²) in [6, 6.07) is 10.0. The second kappa shape index (κ2) is 8.69. The van der Waals surface area contributed by atoms with E-state index in [-0.39, 0.29) is 24.7 Å². The Morgan fingerprint density at radius 1 is 1.21 bits per heavy atom. The Balaban J connectivity index is 1.73. The van der Waals surface area contributed by atoms with Crippen molar-refractivity contribution in [2.45, 2.75) is 19.4 Å². The van der Waals surface area contributed by atoms with Crippen molar-refractivity contribution >= 4 is 23.2 Å². The Labute approximate surface area is 161 Å². The Bertz CT molecular complexity index is 876. The minimum absolute atomic E-state index is 0.106. The van der Waals surface area contributed by atoms with Crippen LogP contribution in [0.1, 0.15) is 13.3 Å². The smallest absolute Gasteiger partial charge is 0.262 e. The van der Waals surface area contributed by atoms with Crippen molar-refractivity contribution in [3.05, 3.63) is 54.1 Å². The third-order valence-corrected chi connectivity index (χ3v) is 4.24. The fourth-order valence-corrected chi connectivity index (χ4v) is 2.91. The quantitative estimate of drug-likeness (QED) is 0.797. The number of carbonyl (C=O) groups is 2. The zero-order valence-electron chi connectivity index (χ0n) is 15.4. The number of carbonyl (C=O) groups excluding carboxylic acids is 2. The highest BCUT2D eigenvalue weighted by molar-refractivity contribution is 5.95. The van der Waals surface area contributed by atoms with Gasteiger partial charge in [0.2, 0.25) is 5.91 Å². The first-order valence-corrected chi connectivity index (χ1v) is 9.01. The molecule has 0 fully saturated rings. The lowest BCUT2D eigenvalue weighted by Gasteiger charge is -2.35. The lowest BCUT2D eigenvalue weighted by Crippen LogP contribution is -2.50. The number of fused-ring (bicyclic) bond motifs is 1. The molecule has 2 aromatic carbocycles. The van der Waals surface area contributed by atoms with Gasteiger partial charge in [0.1, 0.15) is 17.4 Å². The van der Waals surface area contributed by atoms with E-state index in [0.717, 1.165) is 18.6 Å². The van der Waals surface area contributed by atoms with Crippen LogP contribution in [0.3, 0.4) is 0 Å². The molecule has 2 amide bonds. The molecule has 6 nitrogen and oxygen atoms in total. The largest absolute Gasteiger partial charge is 0.477 e. The molecule has 148 valence electrons. The third kappa shape index (κ3) is 4.57. The maximum absolute atomic E-state index is 13.8. The Morgan fingerprint density at radius 3 is 2.75 bits per heavy atom. The zero-order valence-corrected chi connectivity index (χ0v) is 15.4. The molecule has 0 bridgehead atoms. The second-order valence-electron chi connectivity index (χ2n) is 6.42. The van der Waals surface area contributed by atoms with Crippen molar-refractivity contribution in [1.82, 2.24) is 5.32 Å². The SMILES string of the molecule is CCCNC(=O)[C@@H]1CN(CC(=O)Nc2ccc(F)cc2F)c2ccccc2O1. The number of ether oxygens (including phenoxy) is 1. The number of nitrogens with one attached hydrogen (secondary N) is 2. The topological polar surface area (TPSA) is 70.7 Å². The molecular weight excluding hydrogens is 368 g/mol. The summed E-state index contributed by atoms with van der Waals surface area (Å²) in [5.74, 6) is -1.83. The molecule has 3 rings (SSSR count). The number of anilines is 2. The maximum Gasteiger partial charge on any atom is 0.262 e. The van der Waals surface area contributed by atoms with E-state index >= 15 is 0 Å². The molecule has 1 aliphatic heterocycles. The van der Waals surface area contributed by atoms with Crippen LogP contribution in [0.25, 0.3) is 0 Å². The summed E-state index contributed by atoms with van der Waals surface area (Å²) in [5.41, 5.74) is 0.557. The second-order valence-corrected chi connectivity index (χ2v) is 6.42. The van der Waals surface area contributed by atoms with E-state index in [0.29, 0.717) is 24.0 Å². The van der Waals surface area contributed by atoms with Gasteiger partial charge in [0.15, 0.2) is 6.10 Å². The maximum atomic E-state index is 13.8. The van der Waals surface area contributed by atoms with Gasteiger partial charge in [-0.15, -0.1) is 0 Å². The molecule has 0 radical (unpaired) electrons. The van der Waals surface area contributed by atoms with Gasteiger partial charge in [0.05, 0.1) is 24.5 Å². The van der Waals surface area contributed by atoms with Gasteiger partial charge in [-0.3, -0.25) is 9.59 Å². The molecule has 2 N–H and O–H groups in total. The lowest BCUT2D eigenvalue weighted by atomic mass is 10.1. The number of amides is 2. The first-order chi connectivity index (χ1) is 13.5. The number of halogens is 2. The van der Waals surface area contributed by atoms with Crippen molar-refractivity contribution in [2.75, 3.05) is 29.9 Å². The summed E-state index contributed by atoms with van der Waals surface area (Å²) in [6.07, 6.45) is 0.0292. The number of benzene rings is 2. The predicted molar refractivity (Wildman–Crippen MR) is 101 cm³/mol. The van der Waals surface area contributed by atoms with Crippen LogP contribution in [-0.4, -0.2) is 37.6 Å². The summed E-state index contributed by atoms with van der Waals surface area (Å²) in [6.45, 7) is 2.54. The highest BCUT2D eigenvalue weighted by Crippen LogP contribution is 2.33. The number of hydrogen-bond acceptors (Lipinski definition) is 4. The van der Waals surface area contributed by atoms with Crippen molar-refractivity contribution in [1.29, 1.82) is 0 Å². The highest BCUT2D eigenvalue weighted by atomic mass is 19.1. The fourth-order valence-electron chi connectivity index (χ4n) is 2.91. The van der Waals surface area contributed by atoms with Crippen molar-refractivity contribution in [3.63, 3.8) is 0 Å². The number of nitrogens with zero attached hydrogens (tertiary/aromatic N) is 1. The van der Waals surface area contributed by atoms with E-state index in [1.54, 1.807) is 29.2 Å². The van der Waals surface area contributed by atoms with E-state index in [1.807, 2.05) is 6.92 Å². The van der Waals surface area contributed by atoms with E-state index in [9.17, 15) is 18.4 Å². The van der Waals surface area contributed by atoms with Gasteiger partial charge in [-0.1, -0.05) is 19.1 Å². The van der Waals surface area contributed by atoms with E-state index < -0.39 is 23.6 Å². The molecule has 1 aliphatic rings. The molecule has 0 spiro atoms. The average molecular weight is 389 g/mol. The van der Waals surface area contributed by atoms with Crippen LogP contribution >= 0.6 is 0 Å². The van der Waals surface area contributed by atoms with Gasteiger partial charge in [0, 0.05) is 12.6 Å². The molecule has 0 unspecified atom stereocenters. The molecule has 28 heavy (non-hydrogen) atoms. The van der Waals surface area contributed by atoms with Crippen LogP contribution in [-0.2, 0) is 9.59 Å². The predicted octanol–water partition coefficient (Wildman–Crippen LogP) is 2.70. The van der Waals surface area contributed by atoms with Crippen LogP contribution in [0.15, 0.2) is 42.5 Å². The summed E-state index contributed by atoms with van der Waals surface area (Å²) >= 11 is 0. The molecule has 0 aromatic heterocycles. The van der Waals surface area contributed by atoms with Gasteiger partial charge in [-0.25, -0.2) is 8.78 Å². The summed E-state index contributed by atoms with van der Waals surface area (Å²) in [5, 5.41) is 5.21. The molecule has 2 aromatic rings. The normalized spacial score (nSPS) is 15.4. The Kier molecular flexibility index (Phi) is 6.08. The first kappa shape index (κ1) is 19.6. The Hall–Kier alpha value is -3.16. The Morgan fingerprint density at radius 2 is 2.00 bits per heavy atom. The van der Waals surface area contributed by atoms with Crippen LogP contribution in [0.2, 0.25) is 0 Å². The third-order valence-electron chi connectivity index (χ3n) is 4.24. The molecule has 0 saturated heterocycles. The average Bonchev–Trinajstić information content (AvgIpc) is 2.68. The fraction of sp³-hybridized carbons (Fsp3) is 0.300.